The lowest BCUT2D eigenvalue weighted by atomic mass is 9.84. The number of carbonyl (C=O) groups excluding carboxylic acids is 1. The molecule has 0 aromatic rings. The minimum absolute atomic E-state index is 0.141. The predicted molar refractivity (Wildman–Crippen MR) is 41.6 cm³/mol. The summed E-state index contributed by atoms with van der Waals surface area (Å²) in [5, 5.41) is 0. The molecular weight excluding hydrogens is 124 g/mol. The van der Waals surface area contributed by atoms with Gasteiger partial charge in [-0.2, -0.15) is 0 Å². The van der Waals surface area contributed by atoms with Crippen LogP contribution in [0.2, 0.25) is 0 Å². The molecule has 2 atom stereocenters. The highest BCUT2D eigenvalue weighted by Gasteiger charge is 2.21. The van der Waals surface area contributed by atoms with Crippen molar-refractivity contribution in [2.24, 2.45) is 11.8 Å². The molecule has 1 aliphatic rings. The van der Waals surface area contributed by atoms with Crippen molar-refractivity contribution in [1.29, 1.82) is 0 Å². The summed E-state index contributed by atoms with van der Waals surface area (Å²) in [4.78, 5) is 11.0. The quantitative estimate of drug-likeness (QED) is 0.503. The van der Waals surface area contributed by atoms with E-state index in [0.29, 0.717) is 5.92 Å². The van der Waals surface area contributed by atoms with Crippen molar-refractivity contribution in [3.8, 4) is 0 Å². The van der Waals surface area contributed by atoms with Gasteiger partial charge in [-0.1, -0.05) is 19.1 Å². The van der Waals surface area contributed by atoms with Crippen LogP contribution in [0, 0.1) is 11.8 Å². The summed E-state index contributed by atoms with van der Waals surface area (Å²) in [5.41, 5.74) is 0. The summed E-state index contributed by atoms with van der Waals surface area (Å²) < 4.78 is 0. The molecule has 0 saturated heterocycles. The van der Waals surface area contributed by atoms with Crippen molar-refractivity contribution < 1.29 is 4.79 Å². The van der Waals surface area contributed by atoms with E-state index in [4.69, 9.17) is 0 Å². The van der Waals surface area contributed by atoms with Gasteiger partial charge < -0.3 is 0 Å². The molecule has 54 valence electrons. The molecule has 10 heavy (non-hydrogen) atoms. The van der Waals surface area contributed by atoms with Gasteiger partial charge in [-0.25, -0.2) is 0 Å². The monoisotopic (exact) mass is 136 g/mol. The number of hydrogen-bond donors (Lipinski definition) is 0. The average Bonchev–Trinajstić information content (AvgIpc) is 1.95. The fourth-order valence-corrected chi connectivity index (χ4v) is 1.21. The van der Waals surface area contributed by atoms with Crippen molar-refractivity contribution in [3.63, 3.8) is 0 Å². The summed E-state index contributed by atoms with van der Waals surface area (Å²) >= 11 is 0. The van der Waals surface area contributed by atoms with Gasteiger partial charge in [-0.15, -0.1) is 6.58 Å². The van der Waals surface area contributed by atoms with Crippen LogP contribution >= 0.6 is 0 Å². The zero-order valence-corrected chi connectivity index (χ0v) is 6.21. The second kappa shape index (κ2) is 2.82. The first kappa shape index (κ1) is 7.26. The molecule has 0 saturated carbocycles. The van der Waals surface area contributed by atoms with E-state index < -0.39 is 0 Å². The molecule has 0 fully saturated rings. The lowest BCUT2D eigenvalue weighted by Gasteiger charge is -2.19. The maximum Gasteiger partial charge on any atom is 0.158 e. The van der Waals surface area contributed by atoms with Gasteiger partial charge in [-0.05, 0) is 18.4 Å². The lowest BCUT2D eigenvalue weighted by Crippen LogP contribution is -2.20. The number of ketones is 1. The summed E-state index contributed by atoms with van der Waals surface area (Å²) in [6.45, 7) is 5.64. The molecule has 0 amide bonds. The SMILES string of the molecule is C=C[C@@H]1CC=CC(=O)C1C. The van der Waals surface area contributed by atoms with Gasteiger partial charge in [0.2, 0.25) is 0 Å². The molecule has 0 aromatic carbocycles. The molecule has 1 heteroatoms. The van der Waals surface area contributed by atoms with E-state index in [1.165, 1.54) is 0 Å². The molecule has 1 rings (SSSR count). The van der Waals surface area contributed by atoms with Gasteiger partial charge >= 0.3 is 0 Å². The maximum absolute atomic E-state index is 11.0. The molecule has 0 radical (unpaired) electrons. The predicted octanol–water partition coefficient (Wildman–Crippen LogP) is 1.95. The second-order valence-corrected chi connectivity index (χ2v) is 2.73. The highest BCUT2D eigenvalue weighted by atomic mass is 16.1. The minimum atomic E-state index is 0.141. The van der Waals surface area contributed by atoms with E-state index >= 15 is 0 Å². The van der Waals surface area contributed by atoms with Crippen LogP contribution in [0.15, 0.2) is 24.8 Å². The molecule has 0 spiro atoms. The van der Waals surface area contributed by atoms with E-state index in [2.05, 4.69) is 6.58 Å². The molecular formula is C9H12O. The van der Waals surface area contributed by atoms with E-state index in [1.54, 1.807) is 6.08 Å². The van der Waals surface area contributed by atoms with Crippen molar-refractivity contribution in [3.05, 3.63) is 24.8 Å². The molecule has 1 nitrogen and oxygen atoms in total. The van der Waals surface area contributed by atoms with Crippen LogP contribution in [-0.4, -0.2) is 5.78 Å². The first-order valence-corrected chi connectivity index (χ1v) is 3.58. The van der Waals surface area contributed by atoms with Crippen molar-refractivity contribution >= 4 is 5.78 Å². The first-order valence-electron chi connectivity index (χ1n) is 3.58. The molecule has 0 aliphatic heterocycles. The normalized spacial score (nSPS) is 32.3. The molecule has 0 N–H and O–H groups in total. The minimum Gasteiger partial charge on any atom is -0.295 e. The smallest absolute Gasteiger partial charge is 0.158 e. The van der Waals surface area contributed by atoms with Gasteiger partial charge in [0.15, 0.2) is 5.78 Å². The third-order valence-electron chi connectivity index (χ3n) is 2.08. The standard InChI is InChI=1S/C9H12O/c1-3-8-5-4-6-9(10)7(8)2/h3-4,6-8H,1,5H2,2H3/t7?,8-/m1/s1. The molecule has 0 bridgehead atoms. The summed E-state index contributed by atoms with van der Waals surface area (Å²) in [6.07, 6.45) is 6.43. The van der Waals surface area contributed by atoms with Crippen molar-refractivity contribution in [1.82, 2.24) is 0 Å². The van der Waals surface area contributed by atoms with Gasteiger partial charge in [-0.3, -0.25) is 4.79 Å². The van der Waals surface area contributed by atoms with Crippen molar-refractivity contribution in [2.45, 2.75) is 13.3 Å². The maximum atomic E-state index is 11.0. The lowest BCUT2D eigenvalue weighted by molar-refractivity contribution is -0.119. The summed E-state index contributed by atoms with van der Waals surface area (Å²) in [5.74, 6) is 0.733. The molecule has 1 unspecified atom stereocenters. The highest BCUT2D eigenvalue weighted by Crippen LogP contribution is 2.22. The molecule has 0 heterocycles. The fraction of sp³-hybridized carbons (Fsp3) is 0.444. The van der Waals surface area contributed by atoms with Crippen LogP contribution in [0.1, 0.15) is 13.3 Å². The van der Waals surface area contributed by atoms with E-state index in [-0.39, 0.29) is 11.7 Å². The number of hydrogen-bond acceptors (Lipinski definition) is 1. The Morgan fingerprint density at radius 1 is 1.80 bits per heavy atom. The largest absolute Gasteiger partial charge is 0.295 e. The summed E-state index contributed by atoms with van der Waals surface area (Å²) in [7, 11) is 0. The average molecular weight is 136 g/mol. The number of carbonyl (C=O) groups is 1. The van der Waals surface area contributed by atoms with Crippen LogP contribution in [0.4, 0.5) is 0 Å². The van der Waals surface area contributed by atoms with Gasteiger partial charge in [0.25, 0.3) is 0 Å². The first-order chi connectivity index (χ1) is 4.75. The zero-order chi connectivity index (χ0) is 7.56. The van der Waals surface area contributed by atoms with Gasteiger partial charge in [0.05, 0.1) is 0 Å². The number of rotatable bonds is 1. The van der Waals surface area contributed by atoms with Crippen LogP contribution < -0.4 is 0 Å². The molecule has 1 aliphatic carbocycles. The van der Waals surface area contributed by atoms with E-state index in [9.17, 15) is 4.79 Å². The summed E-state index contributed by atoms with van der Waals surface area (Å²) in [6, 6.07) is 0. The Bertz CT molecular complexity index is 179. The van der Waals surface area contributed by atoms with Gasteiger partial charge in [0, 0.05) is 5.92 Å². The second-order valence-electron chi connectivity index (χ2n) is 2.73. The Labute approximate surface area is 61.4 Å². The Balaban J connectivity index is 2.73. The third kappa shape index (κ3) is 1.18. The Morgan fingerprint density at radius 2 is 2.50 bits per heavy atom. The van der Waals surface area contributed by atoms with Gasteiger partial charge in [0.1, 0.15) is 0 Å². The van der Waals surface area contributed by atoms with Crippen LogP contribution in [0.25, 0.3) is 0 Å². The number of allylic oxidation sites excluding steroid dienone is 3. The topological polar surface area (TPSA) is 17.1 Å². The fourth-order valence-electron chi connectivity index (χ4n) is 1.21. The Kier molecular flexibility index (Phi) is 2.05. The van der Waals surface area contributed by atoms with Crippen LogP contribution in [0.3, 0.4) is 0 Å². The van der Waals surface area contributed by atoms with Crippen LogP contribution in [0.5, 0.6) is 0 Å². The Morgan fingerprint density at radius 3 is 3.00 bits per heavy atom. The molecule has 0 aromatic heterocycles. The highest BCUT2D eigenvalue weighted by molar-refractivity contribution is 5.92. The third-order valence-corrected chi connectivity index (χ3v) is 2.08. The van der Waals surface area contributed by atoms with E-state index in [1.807, 2.05) is 19.1 Å². The zero-order valence-electron chi connectivity index (χ0n) is 6.21. The van der Waals surface area contributed by atoms with Crippen LogP contribution in [-0.2, 0) is 4.79 Å². The van der Waals surface area contributed by atoms with E-state index in [0.717, 1.165) is 6.42 Å². The van der Waals surface area contributed by atoms with Crippen molar-refractivity contribution in [2.75, 3.05) is 0 Å². The Hall–Kier alpha value is -0.850.